The van der Waals surface area contributed by atoms with E-state index in [0.29, 0.717) is 29.8 Å². The van der Waals surface area contributed by atoms with Gasteiger partial charge < -0.3 is 15.1 Å². The van der Waals surface area contributed by atoms with Gasteiger partial charge in [-0.05, 0) is 31.9 Å². The molecular formula is C22H27ClN6O. The highest BCUT2D eigenvalue weighted by Crippen LogP contribution is 2.30. The standard InChI is InChI=1S/C22H27ClN6O/c1-15-19(23)21-25-20(17-9-5-6-10-18(17)29(21)26-15)27-11-13-28(14-12-27)22(30)24-16-7-3-2-4-8-16/h5-6,9-10,16H,2-4,7-8,11-14H2,1H3,(H,24,30). The zero-order chi connectivity index (χ0) is 20.7. The fourth-order valence-corrected chi connectivity index (χ4v) is 4.80. The van der Waals surface area contributed by atoms with Crippen LogP contribution in [0.1, 0.15) is 37.8 Å². The van der Waals surface area contributed by atoms with Crippen LogP contribution < -0.4 is 10.2 Å². The van der Waals surface area contributed by atoms with Crippen LogP contribution in [-0.2, 0) is 0 Å². The molecule has 5 rings (SSSR count). The van der Waals surface area contributed by atoms with E-state index in [2.05, 4.69) is 21.4 Å². The van der Waals surface area contributed by atoms with Gasteiger partial charge in [0.05, 0.1) is 11.2 Å². The van der Waals surface area contributed by atoms with Gasteiger partial charge in [-0.2, -0.15) is 5.10 Å². The predicted molar refractivity (Wildman–Crippen MR) is 119 cm³/mol. The number of hydrogen-bond donors (Lipinski definition) is 1. The number of hydrogen-bond acceptors (Lipinski definition) is 4. The fraction of sp³-hybridized carbons (Fsp3) is 0.500. The number of benzene rings is 1. The number of anilines is 1. The second-order valence-electron chi connectivity index (χ2n) is 8.35. The number of aryl methyl sites for hydroxylation is 1. The molecule has 3 heterocycles. The first-order valence-corrected chi connectivity index (χ1v) is 11.2. The van der Waals surface area contributed by atoms with Crippen molar-refractivity contribution in [3.63, 3.8) is 0 Å². The third-order valence-electron chi connectivity index (χ3n) is 6.35. The molecular weight excluding hydrogens is 400 g/mol. The fourth-order valence-electron chi connectivity index (χ4n) is 4.64. The van der Waals surface area contributed by atoms with Gasteiger partial charge in [0.2, 0.25) is 0 Å². The summed E-state index contributed by atoms with van der Waals surface area (Å²) in [5, 5.41) is 9.43. The van der Waals surface area contributed by atoms with E-state index >= 15 is 0 Å². The van der Waals surface area contributed by atoms with Crippen LogP contribution in [0.5, 0.6) is 0 Å². The van der Waals surface area contributed by atoms with E-state index in [9.17, 15) is 4.79 Å². The Morgan fingerprint density at radius 2 is 1.83 bits per heavy atom. The Bertz CT molecular complexity index is 1080. The maximum atomic E-state index is 12.7. The summed E-state index contributed by atoms with van der Waals surface area (Å²) in [4.78, 5) is 21.8. The maximum absolute atomic E-state index is 12.7. The molecule has 1 N–H and O–H groups in total. The zero-order valence-corrected chi connectivity index (χ0v) is 18.0. The summed E-state index contributed by atoms with van der Waals surface area (Å²) in [7, 11) is 0. The van der Waals surface area contributed by atoms with Crippen LogP contribution in [0.25, 0.3) is 16.6 Å². The Morgan fingerprint density at radius 3 is 2.60 bits per heavy atom. The molecule has 7 nitrogen and oxygen atoms in total. The summed E-state index contributed by atoms with van der Waals surface area (Å²) in [5.74, 6) is 0.909. The Balaban J connectivity index is 1.36. The molecule has 1 aromatic carbocycles. The summed E-state index contributed by atoms with van der Waals surface area (Å²) < 4.78 is 1.82. The summed E-state index contributed by atoms with van der Waals surface area (Å²) in [5.41, 5.74) is 2.45. The Labute approximate surface area is 181 Å². The summed E-state index contributed by atoms with van der Waals surface area (Å²) >= 11 is 6.48. The number of piperazine rings is 1. The highest BCUT2D eigenvalue weighted by atomic mass is 35.5. The molecule has 1 saturated carbocycles. The summed E-state index contributed by atoms with van der Waals surface area (Å²) in [6.07, 6.45) is 5.94. The van der Waals surface area contributed by atoms with Crippen molar-refractivity contribution in [1.29, 1.82) is 0 Å². The quantitative estimate of drug-likeness (QED) is 0.672. The molecule has 3 aromatic rings. The topological polar surface area (TPSA) is 65.8 Å². The molecule has 0 radical (unpaired) electrons. The van der Waals surface area contributed by atoms with E-state index in [1.54, 1.807) is 0 Å². The first-order valence-electron chi connectivity index (χ1n) is 10.9. The number of aromatic nitrogens is 3. The number of carbonyl (C=O) groups excluding carboxylic acids is 1. The van der Waals surface area contributed by atoms with E-state index in [1.807, 2.05) is 34.5 Å². The van der Waals surface area contributed by atoms with Crippen LogP contribution in [0, 0.1) is 6.92 Å². The lowest BCUT2D eigenvalue weighted by molar-refractivity contribution is 0.186. The van der Waals surface area contributed by atoms with Gasteiger partial charge in [-0.15, -0.1) is 0 Å². The average molecular weight is 427 g/mol. The van der Waals surface area contributed by atoms with Gasteiger partial charge in [0.25, 0.3) is 0 Å². The molecule has 2 amide bonds. The first kappa shape index (κ1) is 19.4. The summed E-state index contributed by atoms with van der Waals surface area (Å²) in [6.45, 7) is 4.76. The third-order valence-corrected chi connectivity index (χ3v) is 6.79. The number of halogens is 1. The van der Waals surface area contributed by atoms with Crippen LogP contribution in [-0.4, -0.2) is 57.7 Å². The minimum absolute atomic E-state index is 0.0734. The van der Waals surface area contributed by atoms with Crippen molar-refractivity contribution in [3.8, 4) is 0 Å². The van der Waals surface area contributed by atoms with Gasteiger partial charge >= 0.3 is 6.03 Å². The van der Waals surface area contributed by atoms with Gasteiger partial charge in [0, 0.05) is 37.6 Å². The van der Waals surface area contributed by atoms with Crippen LogP contribution in [0.15, 0.2) is 24.3 Å². The van der Waals surface area contributed by atoms with E-state index < -0.39 is 0 Å². The van der Waals surface area contributed by atoms with E-state index in [1.165, 1.54) is 19.3 Å². The van der Waals surface area contributed by atoms with E-state index in [-0.39, 0.29) is 6.03 Å². The van der Waals surface area contributed by atoms with E-state index in [0.717, 1.165) is 48.3 Å². The van der Waals surface area contributed by atoms with Crippen LogP contribution in [0.2, 0.25) is 5.02 Å². The number of para-hydroxylation sites is 1. The lowest BCUT2D eigenvalue weighted by Gasteiger charge is -2.37. The molecule has 1 saturated heterocycles. The highest BCUT2D eigenvalue weighted by Gasteiger charge is 2.26. The molecule has 0 spiro atoms. The third kappa shape index (κ3) is 3.45. The van der Waals surface area contributed by atoms with Crippen molar-refractivity contribution in [3.05, 3.63) is 35.0 Å². The molecule has 2 aromatic heterocycles. The van der Waals surface area contributed by atoms with Crippen LogP contribution in [0.3, 0.4) is 0 Å². The highest BCUT2D eigenvalue weighted by molar-refractivity contribution is 6.34. The molecule has 1 aliphatic carbocycles. The lowest BCUT2D eigenvalue weighted by Crippen LogP contribution is -2.54. The van der Waals surface area contributed by atoms with Crippen molar-refractivity contribution in [2.45, 2.75) is 45.1 Å². The molecule has 0 bridgehead atoms. The van der Waals surface area contributed by atoms with Crippen molar-refractivity contribution < 1.29 is 4.79 Å². The van der Waals surface area contributed by atoms with Gasteiger partial charge in [-0.1, -0.05) is 43.0 Å². The van der Waals surface area contributed by atoms with Crippen molar-refractivity contribution in [2.75, 3.05) is 31.1 Å². The number of carbonyl (C=O) groups is 1. The molecule has 2 fully saturated rings. The molecule has 2 aliphatic rings. The lowest BCUT2D eigenvalue weighted by atomic mass is 9.96. The molecule has 0 unspecified atom stereocenters. The van der Waals surface area contributed by atoms with Crippen molar-refractivity contribution in [2.24, 2.45) is 0 Å². The zero-order valence-electron chi connectivity index (χ0n) is 17.3. The second-order valence-corrected chi connectivity index (χ2v) is 8.72. The smallest absolute Gasteiger partial charge is 0.317 e. The second kappa shape index (κ2) is 7.95. The maximum Gasteiger partial charge on any atom is 0.317 e. The molecule has 158 valence electrons. The molecule has 8 heteroatoms. The van der Waals surface area contributed by atoms with Gasteiger partial charge in [0.1, 0.15) is 10.8 Å². The molecule has 0 atom stereocenters. The van der Waals surface area contributed by atoms with Gasteiger partial charge in [-0.3, -0.25) is 0 Å². The first-order chi connectivity index (χ1) is 14.6. The minimum atomic E-state index is 0.0734. The predicted octanol–water partition coefficient (Wildman–Crippen LogP) is 4.01. The number of rotatable bonds is 2. The van der Waals surface area contributed by atoms with Crippen LogP contribution in [0.4, 0.5) is 10.6 Å². The normalized spacial score (nSPS) is 18.3. The monoisotopic (exact) mass is 426 g/mol. The van der Waals surface area contributed by atoms with Crippen molar-refractivity contribution >= 4 is 40.0 Å². The molecule has 1 aliphatic heterocycles. The van der Waals surface area contributed by atoms with Gasteiger partial charge in [-0.25, -0.2) is 14.3 Å². The number of amides is 2. The minimum Gasteiger partial charge on any atom is -0.352 e. The van der Waals surface area contributed by atoms with Crippen molar-refractivity contribution in [1.82, 2.24) is 24.8 Å². The Hall–Kier alpha value is -2.54. The van der Waals surface area contributed by atoms with Crippen LogP contribution >= 0.6 is 11.6 Å². The largest absolute Gasteiger partial charge is 0.352 e. The Morgan fingerprint density at radius 1 is 1.10 bits per heavy atom. The Kier molecular flexibility index (Phi) is 5.15. The summed E-state index contributed by atoms with van der Waals surface area (Å²) in [6, 6.07) is 8.55. The number of fused-ring (bicyclic) bond motifs is 3. The number of nitrogens with one attached hydrogen (secondary N) is 1. The number of nitrogens with zero attached hydrogens (tertiary/aromatic N) is 5. The number of urea groups is 1. The van der Waals surface area contributed by atoms with E-state index in [4.69, 9.17) is 16.6 Å². The molecule has 30 heavy (non-hydrogen) atoms. The van der Waals surface area contributed by atoms with Gasteiger partial charge in [0.15, 0.2) is 5.65 Å². The average Bonchev–Trinajstić information content (AvgIpc) is 3.08. The SMILES string of the molecule is Cc1nn2c(nc(N3CCN(C(=O)NC4CCCCC4)CC3)c3ccccc32)c1Cl.